The zero-order valence-electron chi connectivity index (χ0n) is 21.5. The van der Waals surface area contributed by atoms with Crippen LogP contribution in [-0.4, -0.2) is 43.1 Å². The number of allylic oxidation sites excluding steroid dienone is 1. The number of methoxy groups -OCH3 is 2. The Balaban J connectivity index is 2.02. The Labute approximate surface area is 227 Å². The molecule has 1 aromatic heterocycles. The largest absolute Gasteiger partial charge is 0.503 e. The molecule has 3 aromatic rings. The first kappa shape index (κ1) is 27.3. The third kappa shape index (κ3) is 4.89. The Morgan fingerprint density at radius 2 is 1.92 bits per heavy atom. The van der Waals surface area contributed by atoms with Gasteiger partial charge in [0.2, 0.25) is 0 Å². The minimum Gasteiger partial charge on any atom is -0.503 e. The molecular formula is C27H27ClN2O7S. The van der Waals surface area contributed by atoms with Gasteiger partial charge in [0.1, 0.15) is 6.04 Å². The van der Waals surface area contributed by atoms with E-state index in [1.807, 2.05) is 6.92 Å². The minimum atomic E-state index is -0.873. The van der Waals surface area contributed by atoms with Crippen molar-refractivity contribution < 1.29 is 28.8 Å². The summed E-state index contributed by atoms with van der Waals surface area (Å²) in [4.78, 5) is 32.1. The van der Waals surface area contributed by atoms with E-state index in [1.165, 1.54) is 24.9 Å². The van der Waals surface area contributed by atoms with E-state index in [0.717, 1.165) is 11.3 Å². The number of carbonyl (C=O) groups excluding carboxylic acids is 1. The number of phenols is 1. The summed E-state index contributed by atoms with van der Waals surface area (Å²) in [7, 11) is 2.93. The SMILES string of the molecule is CCOC(=O)C1=C(C)N=c2s/c(=C/c3cc(Cl)c(O)c(OC)c3)c(=O)n2[C@@H]1c1cccc(OC)c1OCC. The van der Waals surface area contributed by atoms with Crippen LogP contribution >= 0.6 is 22.9 Å². The molecule has 0 saturated heterocycles. The number of fused-ring (bicyclic) bond motifs is 1. The van der Waals surface area contributed by atoms with E-state index < -0.39 is 12.0 Å². The molecule has 1 aliphatic rings. The molecule has 0 unspecified atom stereocenters. The molecule has 11 heteroatoms. The van der Waals surface area contributed by atoms with Crippen LogP contribution in [0, 0.1) is 0 Å². The Kier molecular flexibility index (Phi) is 8.13. The normalized spacial score (nSPS) is 15.1. The zero-order chi connectivity index (χ0) is 27.6. The Morgan fingerprint density at radius 3 is 2.58 bits per heavy atom. The molecule has 1 atom stereocenters. The van der Waals surface area contributed by atoms with Crippen molar-refractivity contribution in [2.45, 2.75) is 26.8 Å². The summed E-state index contributed by atoms with van der Waals surface area (Å²) in [5.74, 6) is 0.295. The number of phenolic OH excluding ortho intramolecular Hbond substituents is 1. The summed E-state index contributed by atoms with van der Waals surface area (Å²) in [6, 6.07) is 7.54. The van der Waals surface area contributed by atoms with Gasteiger partial charge >= 0.3 is 5.97 Å². The van der Waals surface area contributed by atoms with E-state index in [1.54, 1.807) is 44.2 Å². The van der Waals surface area contributed by atoms with Gasteiger partial charge < -0.3 is 24.1 Å². The lowest BCUT2D eigenvalue weighted by atomic mass is 9.94. The molecule has 4 rings (SSSR count). The summed E-state index contributed by atoms with van der Waals surface area (Å²) >= 11 is 7.32. The van der Waals surface area contributed by atoms with Crippen LogP contribution in [0.15, 0.2) is 51.4 Å². The lowest BCUT2D eigenvalue weighted by Crippen LogP contribution is -2.40. The maximum atomic E-state index is 13.9. The molecule has 200 valence electrons. The number of hydrogen-bond donors (Lipinski definition) is 1. The minimum absolute atomic E-state index is 0.0828. The maximum Gasteiger partial charge on any atom is 0.338 e. The summed E-state index contributed by atoms with van der Waals surface area (Å²) in [6.07, 6.45) is 1.63. The fourth-order valence-electron chi connectivity index (χ4n) is 4.28. The predicted molar refractivity (Wildman–Crippen MR) is 144 cm³/mol. The molecule has 0 spiro atoms. The van der Waals surface area contributed by atoms with Crippen LogP contribution in [0.5, 0.6) is 23.0 Å². The number of hydrogen-bond acceptors (Lipinski definition) is 9. The average Bonchev–Trinajstić information content (AvgIpc) is 3.19. The van der Waals surface area contributed by atoms with Crippen molar-refractivity contribution in [2.24, 2.45) is 4.99 Å². The van der Waals surface area contributed by atoms with Crippen molar-refractivity contribution in [2.75, 3.05) is 27.4 Å². The van der Waals surface area contributed by atoms with Crippen molar-refractivity contribution in [3.8, 4) is 23.0 Å². The second kappa shape index (κ2) is 11.3. The van der Waals surface area contributed by atoms with E-state index in [2.05, 4.69) is 4.99 Å². The molecular weight excluding hydrogens is 532 g/mol. The number of benzene rings is 2. The number of para-hydroxylation sites is 1. The molecule has 0 fully saturated rings. The first-order chi connectivity index (χ1) is 18.2. The third-order valence-corrected chi connectivity index (χ3v) is 7.17. The van der Waals surface area contributed by atoms with Crippen molar-refractivity contribution in [1.82, 2.24) is 4.57 Å². The van der Waals surface area contributed by atoms with Crippen LogP contribution in [-0.2, 0) is 9.53 Å². The molecule has 0 saturated carbocycles. The van der Waals surface area contributed by atoms with Crippen molar-refractivity contribution in [3.63, 3.8) is 0 Å². The first-order valence-corrected chi connectivity index (χ1v) is 13.0. The summed E-state index contributed by atoms with van der Waals surface area (Å²) in [6.45, 7) is 5.77. The number of ether oxygens (including phenoxy) is 4. The summed E-state index contributed by atoms with van der Waals surface area (Å²) < 4.78 is 23.8. The number of esters is 1. The Morgan fingerprint density at radius 1 is 1.18 bits per heavy atom. The zero-order valence-corrected chi connectivity index (χ0v) is 23.1. The van der Waals surface area contributed by atoms with Crippen LogP contribution in [0.3, 0.4) is 0 Å². The highest BCUT2D eigenvalue weighted by atomic mass is 35.5. The topological polar surface area (TPSA) is 109 Å². The number of carbonyl (C=O) groups is 1. The number of aromatic hydroxyl groups is 1. The van der Waals surface area contributed by atoms with E-state index >= 15 is 0 Å². The van der Waals surface area contributed by atoms with Gasteiger partial charge in [-0.05, 0) is 50.6 Å². The van der Waals surface area contributed by atoms with Crippen molar-refractivity contribution in [3.05, 3.63) is 77.4 Å². The standard InChI is InChI=1S/C27H27ClN2O7S/c1-6-36-24-16(9-8-10-18(24)34-4)22-21(26(33)37-7-2)14(3)29-27-30(22)25(32)20(38-27)13-15-11-17(28)23(31)19(12-15)35-5/h8-13,22,31H,6-7H2,1-5H3/b20-13+/t22-/m1/s1. The van der Waals surface area contributed by atoms with Crippen LogP contribution in [0.2, 0.25) is 5.02 Å². The highest BCUT2D eigenvalue weighted by Crippen LogP contribution is 2.41. The molecule has 0 bridgehead atoms. The molecule has 0 radical (unpaired) electrons. The highest BCUT2D eigenvalue weighted by Gasteiger charge is 2.36. The molecule has 2 heterocycles. The number of aromatic nitrogens is 1. The molecule has 0 amide bonds. The molecule has 0 aliphatic carbocycles. The quantitative estimate of drug-likeness (QED) is 0.421. The Bertz CT molecular complexity index is 1610. The predicted octanol–water partition coefficient (Wildman–Crippen LogP) is 3.57. The van der Waals surface area contributed by atoms with E-state index in [4.69, 9.17) is 30.5 Å². The number of halogens is 1. The van der Waals surface area contributed by atoms with E-state index in [0.29, 0.717) is 44.3 Å². The third-order valence-electron chi connectivity index (χ3n) is 5.90. The monoisotopic (exact) mass is 558 g/mol. The van der Waals surface area contributed by atoms with Crippen LogP contribution in [0.4, 0.5) is 0 Å². The van der Waals surface area contributed by atoms with E-state index in [-0.39, 0.29) is 34.3 Å². The van der Waals surface area contributed by atoms with Gasteiger partial charge in [0.05, 0.1) is 48.3 Å². The van der Waals surface area contributed by atoms with Crippen LogP contribution < -0.4 is 29.1 Å². The summed E-state index contributed by atoms with van der Waals surface area (Å²) in [5.41, 5.74) is 1.39. The molecule has 9 nitrogen and oxygen atoms in total. The van der Waals surface area contributed by atoms with Crippen LogP contribution in [0.25, 0.3) is 6.08 Å². The van der Waals surface area contributed by atoms with Crippen molar-refractivity contribution in [1.29, 1.82) is 0 Å². The van der Waals surface area contributed by atoms with Gasteiger partial charge in [-0.25, -0.2) is 9.79 Å². The fourth-order valence-corrected chi connectivity index (χ4v) is 5.54. The number of rotatable bonds is 8. The van der Waals surface area contributed by atoms with Gasteiger partial charge in [-0.1, -0.05) is 35.1 Å². The maximum absolute atomic E-state index is 13.9. The molecule has 1 N–H and O–H groups in total. The number of thiazole rings is 1. The van der Waals surface area contributed by atoms with Gasteiger partial charge in [-0.3, -0.25) is 9.36 Å². The van der Waals surface area contributed by atoms with Gasteiger partial charge in [0, 0.05) is 5.56 Å². The molecule has 1 aliphatic heterocycles. The van der Waals surface area contributed by atoms with Gasteiger partial charge in [0.25, 0.3) is 5.56 Å². The van der Waals surface area contributed by atoms with Gasteiger partial charge in [-0.2, -0.15) is 0 Å². The lowest BCUT2D eigenvalue weighted by molar-refractivity contribution is -0.139. The second-order valence-corrected chi connectivity index (χ2v) is 9.58. The van der Waals surface area contributed by atoms with Crippen LogP contribution in [0.1, 0.15) is 37.9 Å². The average molecular weight is 559 g/mol. The fraction of sp³-hybridized carbons (Fsp3) is 0.296. The molecule has 2 aromatic carbocycles. The second-order valence-electron chi connectivity index (χ2n) is 8.17. The van der Waals surface area contributed by atoms with Gasteiger partial charge in [-0.15, -0.1) is 0 Å². The smallest absolute Gasteiger partial charge is 0.338 e. The molecule has 38 heavy (non-hydrogen) atoms. The lowest BCUT2D eigenvalue weighted by Gasteiger charge is -2.26. The van der Waals surface area contributed by atoms with Gasteiger partial charge in [0.15, 0.2) is 27.8 Å². The van der Waals surface area contributed by atoms with Crippen molar-refractivity contribution >= 4 is 35.0 Å². The van der Waals surface area contributed by atoms with E-state index in [9.17, 15) is 14.7 Å². The highest BCUT2D eigenvalue weighted by molar-refractivity contribution is 7.07. The summed E-state index contributed by atoms with van der Waals surface area (Å²) in [5, 5.41) is 10.2. The Hall–Kier alpha value is -3.76. The number of nitrogens with zero attached hydrogens (tertiary/aromatic N) is 2. The first-order valence-electron chi connectivity index (χ1n) is 11.8.